The van der Waals surface area contributed by atoms with Gasteiger partial charge in [0.25, 0.3) is 6.47 Å². The van der Waals surface area contributed by atoms with Crippen molar-refractivity contribution >= 4 is 24.3 Å². The molecule has 8 nitrogen and oxygen atoms in total. The van der Waals surface area contributed by atoms with E-state index in [4.69, 9.17) is 20.0 Å². The van der Waals surface area contributed by atoms with Gasteiger partial charge >= 0.3 is 5.97 Å². The number of carboxylic acid groups (broad SMARTS) is 1. The van der Waals surface area contributed by atoms with E-state index in [2.05, 4.69) is 5.32 Å². The van der Waals surface area contributed by atoms with Gasteiger partial charge in [0, 0.05) is 13.5 Å². The Bertz CT molecular complexity index is 429. The highest BCUT2D eigenvalue weighted by atomic mass is 16.5. The van der Waals surface area contributed by atoms with E-state index in [-0.39, 0.29) is 37.0 Å². The van der Waals surface area contributed by atoms with E-state index in [1.807, 2.05) is 6.92 Å². The molecule has 1 fully saturated rings. The van der Waals surface area contributed by atoms with Crippen molar-refractivity contribution in [2.45, 2.75) is 70.8 Å². The van der Waals surface area contributed by atoms with E-state index < -0.39 is 0 Å². The van der Waals surface area contributed by atoms with Crippen LogP contribution in [0.3, 0.4) is 0 Å². The highest BCUT2D eigenvalue weighted by molar-refractivity contribution is 5.96. The maximum Gasteiger partial charge on any atom is 0.325 e. The summed E-state index contributed by atoms with van der Waals surface area (Å²) in [5.41, 5.74) is 0. The van der Waals surface area contributed by atoms with Crippen LogP contribution in [0.1, 0.15) is 64.7 Å². The number of carbonyl (C=O) groups excluding carboxylic acids is 2. The fraction of sp³-hybridized carbons (Fsp3) is 0.765. The van der Waals surface area contributed by atoms with Gasteiger partial charge in [-0.25, -0.2) is 0 Å². The van der Waals surface area contributed by atoms with Gasteiger partial charge in [0.1, 0.15) is 6.54 Å². The molecule has 0 bridgehead atoms. The van der Waals surface area contributed by atoms with Gasteiger partial charge < -0.3 is 14.7 Å². The lowest BCUT2D eigenvalue weighted by molar-refractivity contribution is -0.148. The number of carbonyl (C=O) groups is 3. The summed E-state index contributed by atoms with van der Waals surface area (Å²) in [7, 11) is 1.60. The number of nitrogens with one attached hydrogen (secondary N) is 2. The Kier molecular flexibility index (Phi) is 13.0. The Morgan fingerprint density at radius 3 is 2.28 bits per heavy atom. The number of nitrogens with zero attached hydrogens (tertiary/aromatic N) is 1. The first-order valence-corrected chi connectivity index (χ1v) is 8.77. The van der Waals surface area contributed by atoms with Crippen LogP contribution in [0, 0.1) is 5.41 Å². The molecule has 1 aliphatic rings. The number of hydrogen-bond acceptors (Lipinski definition) is 5. The van der Waals surface area contributed by atoms with Crippen LogP contribution < -0.4 is 5.32 Å². The normalized spacial score (nSPS) is 21.9. The first-order chi connectivity index (χ1) is 11.9. The van der Waals surface area contributed by atoms with Gasteiger partial charge in [0.15, 0.2) is 5.96 Å². The van der Waals surface area contributed by atoms with Crippen LogP contribution >= 0.6 is 0 Å². The van der Waals surface area contributed by atoms with Crippen LogP contribution in [0.15, 0.2) is 0 Å². The molecule has 1 amide bonds. The van der Waals surface area contributed by atoms with Crippen molar-refractivity contribution in [2.75, 3.05) is 13.6 Å². The standard InChI is InChI=1S/C16H29N3O3.CH2O2/c1-13-10-8-6-4-3-5-7-9-11-14(20)18-16(17)19(2)12-15(21)22-13;2-1-3/h13H,3-12H2,1-2H3,(H2,17,18,20);1H,(H,2,3). The number of cyclic esters (lactones) is 1. The van der Waals surface area contributed by atoms with Crippen molar-refractivity contribution in [2.24, 2.45) is 0 Å². The lowest BCUT2D eigenvalue weighted by Gasteiger charge is -2.20. The van der Waals surface area contributed by atoms with Gasteiger partial charge in [-0.3, -0.25) is 25.1 Å². The third kappa shape index (κ3) is 12.9. The highest BCUT2D eigenvalue weighted by Gasteiger charge is 2.15. The van der Waals surface area contributed by atoms with E-state index >= 15 is 0 Å². The lowest BCUT2D eigenvalue weighted by atomic mass is 10.1. The minimum atomic E-state index is -0.363. The Balaban J connectivity index is 0.00000178. The minimum absolute atomic E-state index is 0.0244. The molecule has 1 heterocycles. The molecule has 0 aromatic heterocycles. The quantitative estimate of drug-likeness (QED) is 0.451. The van der Waals surface area contributed by atoms with E-state index in [9.17, 15) is 9.59 Å². The second-order valence-corrected chi connectivity index (χ2v) is 6.17. The van der Waals surface area contributed by atoms with Gasteiger partial charge in [-0.15, -0.1) is 0 Å². The fourth-order valence-corrected chi connectivity index (χ4v) is 2.48. The third-order valence-corrected chi connectivity index (χ3v) is 3.85. The zero-order chi connectivity index (χ0) is 19.1. The molecule has 144 valence electrons. The van der Waals surface area contributed by atoms with Crippen molar-refractivity contribution < 1.29 is 24.2 Å². The second-order valence-electron chi connectivity index (χ2n) is 6.17. The first kappa shape index (κ1) is 22.9. The zero-order valence-electron chi connectivity index (χ0n) is 15.3. The third-order valence-electron chi connectivity index (χ3n) is 3.85. The molecule has 0 radical (unpaired) electrons. The Labute approximate surface area is 149 Å². The molecule has 3 N–H and O–H groups in total. The molecule has 8 heteroatoms. The molecule has 0 aromatic carbocycles. The summed E-state index contributed by atoms with van der Waals surface area (Å²) in [6.07, 6.45) is 8.87. The molecule has 0 spiro atoms. The topological polar surface area (TPSA) is 120 Å². The average molecular weight is 357 g/mol. The fourth-order valence-electron chi connectivity index (χ4n) is 2.48. The maximum atomic E-state index is 11.8. The van der Waals surface area contributed by atoms with Crippen LogP contribution in [0.25, 0.3) is 0 Å². The van der Waals surface area contributed by atoms with Gasteiger partial charge in [0.2, 0.25) is 5.91 Å². The summed E-state index contributed by atoms with van der Waals surface area (Å²) in [4.78, 5) is 33.3. The van der Waals surface area contributed by atoms with E-state index in [0.29, 0.717) is 6.42 Å². The average Bonchev–Trinajstić information content (AvgIpc) is 2.53. The number of guanidine groups is 1. The summed E-state index contributed by atoms with van der Waals surface area (Å²) in [5.74, 6) is -0.583. The van der Waals surface area contributed by atoms with Gasteiger partial charge in [-0.1, -0.05) is 32.1 Å². The van der Waals surface area contributed by atoms with Crippen molar-refractivity contribution in [3.8, 4) is 0 Å². The molecular formula is C17H31N3O5. The molecule has 0 saturated carbocycles. The molecule has 1 atom stereocenters. The predicted molar refractivity (Wildman–Crippen MR) is 94.3 cm³/mol. The minimum Gasteiger partial charge on any atom is -0.483 e. The highest BCUT2D eigenvalue weighted by Crippen LogP contribution is 2.12. The summed E-state index contributed by atoms with van der Waals surface area (Å²) in [6.45, 7) is 1.63. The van der Waals surface area contributed by atoms with Crippen molar-refractivity contribution in [1.29, 1.82) is 5.41 Å². The number of hydrogen-bond donors (Lipinski definition) is 3. The molecule has 0 aromatic rings. The summed E-state index contributed by atoms with van der Waals surface area (Å²) in [5, 5.41) is 17.2. The number of rotatable bonds is 0. The zero-order valence-corrected chi connectivity index (χ0v) is 15.3. The molecule has 0 aliphatic carbocycles. The monoisotopic (exact) mass is 357 g/mol. The molecular weight excluding hydrogens is 326 g/mol. The van der Waals surface area contributed by atoms with Crippen molar-refractivity contribution in [1.82, 2.24) is 10.2 Å². The summed E-state index contributed by atoms with van der Waals surface area (Å²) < 4.78 is 5.33. The lowest BCUT2D eigenvalue weighted by Crippen LogP contribution is -2.44. The van der Waals surface area contributed by atoms with Gasteiger partial charge in [-0.2, -0.15) is 0 Å². The van der Waals surface area contributed by atoms with Crippen LogP contribution in [0.4, 0.5) is 0 Å². The first-order valence-electron chi connectivity index (χ1n) is 8.77. The smallest absolute Gasteiger partial charge is 0.325 e. The number of ether oxygens (including phenoxy) is 1. The Morgan fingerprint density at radius 1 is 1.16 bits per heavy atom. The van der Waals surface area contributed by atoms with Crippen molar-refractivity contribution in [3.05, 3.63) is 0 Å². The van der Waals surface area contributed by atoms with Crippen LogP contribution in [-0.4, -0.2) is 54.0 Å². The van der Waals surface area contributed by atoms with E-state index in [1.165, 1.54) is 17.7 Å². The van der Waals surface area contributed by atoms with Crippen LogP contribution in [-0.2, 0) is 19.1 Å². The number of esters is 1. The van der Waals surface area contributed by atoms with E-state index in [1.54, 1.807) is 7.05 Å². The second kappa shape index (κ2) is 14.2. The Morgan fingerprint density at radius 2 is 1.68 bits per heavy atom. The van der Waals surface area contributed by atoms with Crippen molar-refractivity contribution in [3.63, 3.8) is 0 Å². The number of amides is 1. The van der Waals surface area contributed by atoms with Gasteiger partial charge in [0.05, 0.1) is 6.10 Å². The number of likely N-dealkylation sites (N-methyl/N-ethyl adjacent to an activating group) is 1. The molecule has 1 unspecified atom stereocenters. The largest absolute Gasteiger partial charge is 0.483 e. The van der Waals surface area contributed by atoms with Gasteiger partial charge in [-0.05, 0) is 26.2 Å². The molecule has 1 rings (SSSR count). The molecule has 25 heavy (non-hydrogen) atoms. The van der Waals surface area contributed by atoms with Crippen LogP contribution in [0.5, 0.6) is 0 Å². The summed E-state index contributed by atoms with van der Waals surface area (Å²) in [6, 6.07) is 0. The van der Waals surface area contributed by atoms with E-state index in [0.717, 1.165) is 38.5 Å². The summed E-state index contributed by atoms with van der Waals surface area (Å²) >= 11 is 0. The maximum absolute atomic E-state index is 11.8. The Hall–Kier alpha value is -2.12. The SMILES string of the molecule is CC1CCCCCCCCCC(=O)NC(=N)N(C)CC(=O)O1.O=CO. The molecule has 1 saturated heterocycles. The van der Waals surface area contributed by atoms with Crippen LogP contribution in [0.2, 0.25) is 0 Å². The predicted octanol–water partition coefficient (Wildman–Crippen LogP) is 2.13. The molecule has 1 aliphatic heterocycles.